The first-order chi connectivity index (χ1) is 10.4. The van der Waals surface area contributed by atoms with Gasteiger partial charge in [-0.05, 0) is 11.1 Å². The summed E-state index contributed by atoms with van der Waals surface area (Å²) in [7, 11) is 0. The van der Waals surface area contributed by atoms with Crippen molar-refractivity contribution in [1.82, 2.24) is 0 Å². The van der Waals surface area contributed by atoms with Crippen LogP contribution < -0.4 is 10.2 Å². The van der Waals surface area contributed by atoms with Gasteiger partial charge in [-0.2, -0.15) is 0 Å². The number of carbonyl (C=O) groups excluding carboxylic acids is 2. The van der Waals surface area contributed by atoms with Gasteiger partial charge in [0, 0.05) is 0 Å². The van der Waals surface area contributed by atoms with E-state index in [-0.39, 0.29) is 37.7 Å². The largest absolute Gasteiger partial charge is 2.00 e. The summed E-state index contributed by atoms with van der Waals surface area (Å²) in [5, 5.41) is 38.1. The van der Waals surface area contributed by atoms with Crippen LogP contribution >= 0.6 is 0 Å². The van der Waals surface area contributed by atoms with E-state index in [2.05, 4.69) is 0 Å². The van der Waals surface area contributed by atoms with E-state index in [0.29, 0.717) is 11.1 Å². The summed E-state index contributed by atoms with van der Waals surface area (Å²) in [6.07, 6.45) is -3.03. The first-order valence-corrected chi connectivity index (χ1v) is 6.31. The Labute approximate surface area is 163 Å². The van der Waals surface area contributed by atoms with Crippen LogP contribution in [0.3, 0.4) is 0 Å². The second-order valence-electron chi connectivity index (χ2n) is 4.26. The molecule has 0 heterocycles. The Hall–Kier alpha value is -1.44. The molecule has 0 radical (unpaired) electrons. The van der Waals surface area contributed by atoms with E-state index in [1.165, 1.54) is 24.3 Å². The number of aliphatic carboxylic acids is 2. The van der Waals surface area contributed by atoms with Crippen LogP contribution in [0.5, 0.6) is 0 Å². The summed E-state index contributed by atoms with van der Waals surface area (Å²) in [6.45, 7) is 0. The molecule has 0 amide bonds. The molecule has 6 nitrogen and oxygen atoms in total. The van der Waals surface area contributed by atoms with Crippen molar-refractivity contribution < 1.29 is 30.0 Å². The molecule has 0 aliphatic carbocycles. The van der Waals surface area contributed by atoms with Crippen LogP contribution in [0.1, 0.15) is 23.3 Å². The number of hydrogen-bond donors (Lipinski definition) is 2. The van der Waals surface area contributed by atoms with Gasteiger partial charge in [0.1, 0.15) is 12.2 Å². The molecular weight excluding hydrogens is 328 g/mol. The second-order valence-corrected chi connectivity index (χ2v) is 4.26. The minimum absolute atomic E-state index is 0. The number of aliphatic hydroxyl groups excluding tert-OH is 2. The third-order valence-corrected chi connectivity index (χ3v) is 2.68. The number of hydrogen-bond acceptors (Lipinski definition) is 6. The van der Waals surface area contributed by atoms with Crippen LogP contribution in [0.2, 0.25) is 0 Å². The summed E-state index contributed by atoms with van der Waals surface area (Å²) in [6, 6.07) is 16.2. The van der Waals surface area contributed by atoms with Gasteiger partial charge >= 0.3 is 37.7 Å². The topological polar surface area (TPSA) is 121 Å². The molecular formula is C16H14CaO6. The molecule has 0 unspecified atom stereocenters. The number of benzene rings is 2. The van der Waals surface area contributed by atoms with Crippen molar-refractivity contribution in [2.45, 2.75) is 12.2 Å². The molecule has 0 spiro atoms. The van der Waals surface area contributed by atoms with Crippen molar-refractivity contribution >= 4 is 49.7 Å². The molecule has 0 aliphatic heterocycles. The quantitative estimate of drug-likeness (QED) is 0.657. The van der Waals surface area contributed by atoms with Gasteiger partial charge in [0.15, 0.2) is 0 Å². The molecule has 0 aromatic heterocycles. The molecule has 2 N–H and O–H groups in total. The molecule has 2 atom stereocenters. The normalized spacial score (nSPS) is 11.9. The predicted molar refractivity (Wildman–Crippen MR) is 78.6 cm³/mol. The van der Waals surface area contributed by atoms with Gasteiger partial charge in [-0.3, -0.25) is 0 Å². The van der Waals surface area contributed by atoms with Crippen LogP contribution in [0, 0.1) is 0 Å². The van der Waals surface area contributed by atoms with Gasteiger partial charge in [0.05, 0.1) is 11.9 Å². The van der Waals surface area contributed by atoms with E-state index < -0.39 is 24.1 Å². The Bertz CT molecular complexity index is 547. The molecule has 2 rings (SSSR count). The second kappa shape index (κ2) is 11.2. The maximum Gasteiger partial charge on any atom is 2.00 e. The maximum atomic E-state index is 10.1. The monoisotopic (exact) mass is 342 g/mol. The fraction of sp³-hybridized carbons (Fsp3) is 0.125. The first kappa shape index (κ1) is 21.6. The van der Waals surface area contributed by atoms with E-state index in [9.17, 15) is 19.8 Å². The van der Waals surface area contributed by atoms with Crippen molar-refractivity contribution in [2.24, 2.45) is 0 Å². The Kier molecular flexibility index (Phi) is 10.5. The van der Waals surface area contributed by atoms with Gasteiger partial charge in [-0.25, -0.2) is 0 Å². The maximum absolute atomic E-state index is 10.1. The van der Waals surface area contributed by atoms with Crippen LogP contribution in [0.15, 0.2) is 60.7 Å². The average molecular weight is 342 g/mol. The standard InChI is InChI=1S/2C8H8O3.Ca/c2*9-7(8(10)11)6-4-2-1-3-5-6;/h2*1-5,7,9H,(H,10,11);/q;;+2/p-2/t2*7-;/m00./s1. The summed E-state index contributed by atoms with van der Waals surface area (Å²) >= 11 is 0. The number of carbonyl (C=O) groups is 2. The van der Waals surface area contributed by atoms with Crippen LogP contribution in [0.25, 0.3) is 0 Å². The summed E-state index contributed by atoms with van der Waals surface area (Å²) in [5.41, 5.74) is 0.681. The molecule has 0 saturated heterocycles. The van der Waals surface area contributed by atoms with Crippen molar-refractivity contribution in [3.63, 3.8) is 0 Å². The molecule has 23 heavy (non-hydrogen) atoms. The third-order valence-electron chi connectivity index (χ3n) is 2.68. The summed E-state index contributed by atoms with van der Waals surface area (Å²) in [5.74, 6) is -2.95. The minimum Gasteiger partial charge on any atom is -0.547 e. The smallest absolute Gasteiger partial charge is 0.547 e. The van der Waals surface area contributed by atoms with Crippen molar-refractivity contribution in [1.29, 1.82) is 0 Å². The predicted octanol–water partition coefficient (Wildman–Crippen LogP) is -1.44. The van der Waals surface area contributed by atoms with Gasteiger partial charge in [-0.1, -0.05) is 60.7 Å². The number of aliphatic hydroxyl groups is 2. The van der Waals surface area contributed by atoms with E-state index in [4.69, 9.17) is 10.2 Å². The van der Waals surface area contributed by atoms with Crippen LogP contribution in [0.4, 0.5) is 0 Å². The van der Waals surface area contributed by atoms with Gasteiger partial charge in [-0.15, -0.1) is 0 Å². The molecule has 7 heteroatoms. The zero-order chi connectivity index (χ0) is 16.5. The van der Waals surface area contributed by atoms with E-state index in [1.807, 2.05) is 0 Å². The first-order valence-electron chi connectivity index (χ1n) is 6.31. The Morgan fingerprint density at radius 1 is 0.696 bits per heavy atom. The Morgan fingerprint density at radius 2 is 0.957 bits per heavy atom. The molecule has 2 aromatic carbocycles. The Balaban J connectivity index is 0.000000403. The van der Waals surface area contributed by atoms with Crippen LogP contribution in [-0.4, -0.2) is 59.9 Å². The van der Waals surface area contributed by atoms with E-state index >= 15 is 0 Å². The van der Waals surface area contributed by atoms with Crippen molar-refractivity contribution in [3.8, 4) is 0 Å². The zero-order valence-electron chi connectivity index (χ0n) is 12.2. The van der Waals surface area contributed by atoms with E-state index in [1.54, 1.807) is 36.4 Å². The molecule has 116 valence electrons. The fourth-order valence-electron chi connectivity index (χ4n) is 1.54. The van der Waals surface area contributed by atoms with E-state index in [0.717, 1.165) is 0 Å². The molecule has 0 fully saturated rings. The van der Waals surface area contributed by atoms with Crippen molar-refractivity contribution in [3.05, 3.63) is 71.8 Å². The molecule has 0 saturated carbocycles. The fourth-order valence-corrected chi connectivity index (χ4v) is 1.54. The van der Waals surface area contributed by atoms with Gasteiger partial charge in [0.2, 0.25) is 0 Å². The zero-order valence-corrected chi connectivity index (χ0v) is 14.4. The van der Waals surface area contributed by atoms with Gasteiger partial charge < -0.3 is 30.0 Å². The summed E-state index contributed by atoms with van der Waals surface area (Å²) in [4.78, 5) is 20.3. The summed E-state index contributed by atoms with van der Waals surface area (Å²) < 4.78 is 0. The third kappa shape index (κ3) is 7.58. The Morgan fingerprint density at radius 3 is 1.17 bits per heavy atom. The number of rotatable bonds is 4. The number of carboxylic acid groups (broad SMARTS) is 2. The molecule has 2 aromatic rings. The SMILES string of the molecule is O=C([O-])[C@@H](O)c1ccccc1.O=C([O-])[C@@H](O)c1ccccc1.[Ca+2]. The number of carboxylic acids is 2. The average Bonchev–Trinajstić information content (AvgIpc) is 2.55. The van der Waals surface area contributed by atoms with Crippen LogP contribution in [-0.2, 0) is 9.59 Å². The molecule has 0 bridgehead atoms. The van der Waals surface area contributed by atoms with Gasteiger partial charge in [0.25, 0.3) is 0 Å². The minimum atomic E-state index is -1.52. The van der Waals surface area contributed by atoms with Crippen molar-refractivity contribution in [2.75, 3.05) is 0 Å². The molecule has 0 aliphatic rings.